The highest BCUT2D eigenvalue weighted by atomic mass is 32.1. The van der Waals surface area contributed by atoms with Crippen molar-refractivity contribution in [1.29, 1.82) is 0 Å². The number of aromatic nitrogens is 2. The van der Waals surface area contributed by atoms with Crippen molar-refractivity contribution in [3.05, 3.63) is 39.0 Å². The number of amides is 1. The van der Waals surface area contributed by atoms with E-state index in [2.05, 4.69) is 20.7 Å². The summed E-state index contributed by atoms with van der Waals surface area (Å²) < 4.78 is 0. The molecule has 3 rings (SSSR count). The van der Waals surface area contributed by atoms with Crippen LogP contribution in [0.5, 0.6) is 0 Å². The molecule has 0 atom stereocenters. The second-order valence-corrected chi connectivity index (χ2v) is 6.67. The summed E-state index contributed by atoms with van der Waals surface area (Å²) in [4.78, 5) is 20.6. The summed E-state index contributed by atoms with van der Waals surface area (Å²) in [6, 6.07) is 2.03. The molecule has 1 N–H and O–H groups in total. The van der Waals surface area contributed by atoms with Gasteiger partial charge in [0.1, 0.15) is 5.01 Å². The van der Waals surface area contributed by atoms with Crippen LogP contribution in [-0.4, -0.2) is 15.9 Å². The summed E-state index contributed by atoms with van der Waals surface area (Å²) in [5.74, 6) is -0.0819. The largest absolute Gasteiger partial charge is 0.302 e. The highest BCUT2D eigenvalue weighted by molar-refractivity contribution is 7.14. The van der Waals surface area contributed by atoms with Gasteiger partial charge in [-0.15, -0.1) is 22.7 Å². The van der Waals surface area contributed by atoms with E-state index < -0.39 is 0 Å². The third-order valence-corrected chi connectivity index (χ3v) is 5.03. The molecule has 0 aliphatic heterocycles. The zero-order chi connectivity index (χ0) is 13.9. The fourth-order valence-corrected chi connectivity index (χ4v) is 3.88. The number of thiophene rings is 1. The van der Waals surface area contributed by atoms with Crippen LogP contribution < -0.4 is 5.32 Å². The maximum atomic E-state index is 11.9. The molecule has 0 aromatic carbocycles. The smallest absolute Gasteiger partial charge is 0.232 e. The van der Waals surface area contributed by atoms with Crippen molar-refractivity contribution >= 4 is 45.0 Å². The first-order valence-electron chi connectivity index (χ1n) is 5.89. The zero-order valence-corrected chi connectivity index (χ0v) is 13.1. The average Bonchev–Trinajstić information content (AvgIpc) is 3.10. The van der Waals surface area contributed by atoms with Gasteiger partial charge in [-0.25, -0.2) is 9.97 Å². The van der Waals surface area contributed by atoms with Crippen LogP contribution in [0.15, 0.2) is 27.6 Å². The third-order valence-electron chi connectivity index (χ3n) is 2.53. The predicted octanol–water partition coefficient (Wildman–Crippen LogP) is 3.82. The lowest BCUT2D eigenvalue weighted by Crippen LogP contribution is -2.14. The molecule has 0 fully saturated rings. The third kappa shape index (κ3) is 3.12. The summed E-state index contributed by atoms with van der Waals surface area (Å²) >= 11 is 4.64. The van der Waals surface area contributed by atoms with E-state index in [1.165, 1.54) is 11.3 Å². The van der Waals surface area contributed by atoms with Crippen molar-refractivity contribution in [1.82, 2.24) is 9.97 Å². The minimum atomic E-state index is -0.0819. The Balaban J connectivity index is 1.64. The molecule has 102 valence electrons. The molecule has 0 aliphatic carbocycles. The summed E-state index contributed by atoms with van der Waals surface area (Å²) in [6.07, 6.45) is 0.277. The van der Waals surface area contributed by atoms with Crippen molar-refractivity contribution in [3.63, 3.8) is 0 Å². The second-order valence-electron chi connectivity index (χ2n) is 4.18. The predicted molar refractivity (Wildman–Crippen MR) is 84.6 cm³/mol. The Morgan fingerprint density at radius 1 is 1.25 bits per heavy atom. The first kappa shape index (κ1) is 13.4. The molecule has 0 unspecified atom stereocenters. The van der Waals surface area contributed by atoms with Gasteiger partial charge in [-0.2, -0.15) is 11.3 Å². The quantitative estimate of drug-likeness (QED) is 0.795. The van der Waals surface area contributed by atoms with Crippen LogP contribution in [0.3, 0.4) is 0 Å². The van der Waals surface area contributed by atoms with Gasteiger partial charge in [-0.1, -0.05) is 0 Å². The minimum Gasteiger partial charge on any atom is -0.302 e. The van der Waals surface area contributed by atoms with Gasteiger partial charge in [0.25, 0.3) is 0 Å². The van der Waals surface area contributed by atoms with E-state index in [-0.39, 0.29) is 12.3 Å². The molecule has 3 aromatic rings. The highest BCUT2D eigenvalue weighted by Gasteiger charge is 2.10. The van der Waals surface area contributed by atoms with Crippen LogP contribution in [0, 0.1) is 6.92 Å². The Labute approximate surface area is 128 Å². The molecular weight excluding hydrogens is 310 g/mol. The number of anilines is 1. The molecule has 0 spiro atoms. The lowest BCUT2D eigenvalue weighted by atomic mass is 10.3. The van der Waals surface area contributed by atoms with Crippen molar-refractivity contribution in [2.24, 2.45) is 0 Å². The highest BCUT2D eigenvalue weighted by Crippen LogP contribution is 2.26. The molecular formula is C13H11N3OS3. The van der Waals surface area contributed by atoms with Crippen LogP contribution in [0.25, 0.3) is 10.6 Å². The maximum Gasteiger partial charge on any atom is 0.232 e. The molecule has 1 amide bonds. The van der Waals surface area contributed by atoms with Crippen molar-refractivity contribution in [2.75, 3.05) is 5.32 Å². The van der Waals surface area contributed by atoms with Crippen molar-refractivity contribution in [2.45, 2.75) is 13.3 Å². The van der Waals surface area contributed by atoms with E-state index >= 15 is 0 Å². The number of hydrogen-bond acceptors (Lipinski definition) is 6. The van der Waals surface area contributed by atoms with E-state index in [9.17, 15) is 4.79 Å². The molecule has 20 heavy (non-hydrogen) atoms. The Kier molecular flexibility index (Phi) is 3.90. The van der Waals surface area contributed by atoms with Gasteiger partial charge >= 0.3 is 0 Å². The molecule has 0 saturated carbocycles. The molecule has 7 heteroatoms. The van der Waals surface area contributed by atoms with Crippen LogP contribution >= 0.6 is 34.0 Å². The molecule has 0 radical (unpaired) electrons. The molecule has 4 nitrogen and oxygen atoms in total. The Hall–Kier alpha value is -1.57. The Morgan fingerprint density at radius 3 is 2.85 bits per heavy atom. The van der Waals surface area contributed by atoms with E-state index in [0.29, 0.717) is 5.13 Å². The number of nitrogens with zero attached hydrogens (tertiary/aromatic N) is 2. The number of thiazole rings is 2. The Bertz CT molecular complexity index is 715. The standard InChI is InChI=1S/C13H11N3OS3/c1-8-5-20-13(14-8)16-11(17)4-10-7-19-12(15-10)9-2-3-18-6-9/h2-3,5-7H,4H2,1H3,(H,14,16,17). The summed E-state index contributed by atoms with van der Waals surface area (Å²) in [6.45, 7) is 1.90. The Morgan fingerprint density at radius 2 is 2.15 bits per heavy atom. The lowest BCUT2D eigenvalue weighted by molar-refractivity contribution is -0.115. The lowest BCUT2D eigenvalue weighted by Gasteiger charge is -1.98. The first-order valence-corrected chi connectivity index (χ1v) is 8.60. The minimum absolute atomic E-state index is 0.0819. The number of carbonyl (C=O) groups is 1. The van der Waals surface area contributed by atoms with Gasteiger partial charge in [0.05, 0.1) is 17.8 Å². The fraction of sp³-hybridized carbons (Fsp3) is 0.154. The normalized spacial score (nSPS) is 10.7. The zero-order valence-electron chi connectivity index (χ0n) is 10.6. The van der Waals surface area contributed by atoms with Crippen molar-refractivity contribution in [3.8, 4) is 10.6 Å². The second kappa shape index (κ2) is 5.82. The van der Waals surface area contributed by atoms with Gasteiger partial charge in [-0.05, 0) is 18.4 Å². The van der Waals surface area contributed by atoms with E-state index in [1.807, 2.05) is 29.1 Å². The molecule has 0 bridgehead atoms. The van der Waals surface area contributed by atoms with Crippen LogP contribution in [-0.2, 0) is 11.2 Å². The number of hydrogen-bond donors (Lipinski definition) is 1. The fourth-order valence-electron chi connectivity index (χ4n) is 1.65. The topological polar surface area (TPSA) is 54.9 Å². The van der Waals surface area contributed by atoms with Gasteiger partial charge in [0.15, 0.2) is 5.13 Å². The molecule has 3 heterocycles. The van der Waals surface area contributed by atoms with Gasteiger partial charge < -0.3 is 5.32 Å². The molecule has 3 aromatic heterocycles. The first-order chi connectivity index (χ1) is 9.70. The molecule has 0 aliphatic rings. The van der Waals surface area contributed by atoms with E-state index in [1.54, 1.807) is 22.7 Å². The monoisotopic (exact) mass is 321 g/mol. The maximum absolute atomic E-state index is 11.9. The van der Waals surface area contributed by atoms with E-state index in [4.69, 9.17) is 0 Å². The van der Waals surface area contributed by atoms with E-state index in [0.717, 1.165) is 22.0 Å². The van der Waals surface area contributed by atoms with Gasteiger partial charge in [0.2, 0.25) is 5.91 Å². The van der Waals surface area contributed by atoms with Gasteiger partial charge in [-0.3, -0.25) is 4.79 Å². The van der Waals surface area contributed by atoms with Crippen LogP contribution in [0.1, 0.15) is 11.4 Å². The SMILES string of the molecule is Cc1csc(NC(=O)Cc2csc(-c3ccsc3)n2)n1. The summed E-state index contributed by atoms with van der Waals surface area (Å²) in [7, 11) is 0. The van der Waals surface area contributed by atoms with Gasteiger partial charge in [0, 0.05) is 21.7 Å². The van der Waals surface area contributed by atoms with Crippen molar-refractivity contribution < 1.29 is 4.79 Å². The van der Waals surface area contributed by atoms with Crippen LogP contribution in [0.2, 0.25) is 0 Å². The number of aryl methyl sites for hydroxylation is 1. The number of carbonyl (C=O) groups excluding carboxylic acids is 1. The van der Waals surface area contributed by atoms with Crippen LogP contribution in [0.4, 0.5) is 5.13 Å². The average molecular weight is 321 g/mol. The summed E-state index contributed by atoms with van der Waals surface area (Å²) in [5, 5.41) is 12.3. The number of nitrogens with one attached hydrogen (secondary N) is 1. The summed E-state index contributed by atoms with van der Waals surface area (Å²) in [5.41, 5.74) is 2.82. The molecule has 0 saturated heterocycles. The number of rotatable bonds is 4.